The average molecular weight is 252 g/mol. The van der Waals surface area contributed by atoms with Gasteiger partial charge in [-0.05, 0) is 42.2 Å². The number of carboxylic acid groups (broad SMARTS) is 1. The Labute approximate surface area is 113 Å². The van der Waals surface area contributed by atoms with Gasteiger partial charge >= 0.3 is 5.97 Å². The van der Waals surface area contributed by atoms with Gasteiger partial charge in [0.15, 0.2) is 0 Å². The van der Waals surface area contributed by atoms with Gasteiger partial charge in [0.1, 0.15) is 0 Å². The smallest absolute Gasteiger partial charge is 0.336 e. The molecule has 2 aromatic carbocycles. The largest absolute Gasteiger partial charge is 0.478 e. The fourth-order valence-corrected chi connectivity index (χ4v) is 1.97. The fraction of sp³-hybridized carbons (Fsp3) is 0.118. The van der Waals surface area contributed by atoms with Crippen LogP contribution in [0.25, 0.3) is 12.2 Å². The van der Waals surface area contributed by atoms with E-state index in [4.69, 9.17) is 5.11 Å². The van der Waals surface area contributed by atoms with Gasteiger partial charge in [-0.3, -0.25) is 0 Å². The van der Waals surface area contributed by atoms with E-state index in [1.807, 2.05) is 36.4 Å². The molecule has 0 aliphatic carbocycles. The molecule has 1 N–H and O–H groups in total. The first-order chi connectivity index (χ1) is 9.09. The van der Waals surface area contributed by atoms with Crippen LogP contribution in [-0.4, -0.2) is 11.1 Å². The monoisotopic (exact) mass is 252 g/mol. The van der Waals surface area contributed by atoms with Crippen molar-refractivity contribution < 1.29 is 9.90 Å². The van der Waals surface area contributed by atoms with E-state index in [2.05, 4.69) is 19.9 Å². The van der Waals surface area contributed by atoms with Gasteiger partial charge < -0.3 is 5.11 Å². The normalized spacial score (nSPS) is 10.8. The number of aryl methyl sites for hydroxylation is 1. The molecule has 0 bridgehead atoms. The van der Waals surface area contributed by atoms with Crippen molar-refractivity contribution in [3.8, 4) is 0 Å². The molecule has 19 heavy (non-hydrogen) atoms. The van der Waals surface area contributed by atoms with Crippen LogP contribution in [0.1, 0.15) is 32.6 Å². The summed E-state index contributed by atoms with van der Waals surface area (Å²) < 4.78 is 0. The van der Waals surface area contributed by atoms with E-state index in [1.54, 1.807) is 12.1 Å². The third-order valence-electron chi connectivity index (χ3n) is 3.28. The van der Waals surface area contributed by atoms with Gasteiger partial charge in [-0.1, -0.05) is 48.6 Å². The van der Waals surface area contributed by atoms with Crippen LogP contribution in [-0.2, 0) is 0 Å². The van der Waals surface area contributed by atoms with Crippen molar-refractivity contribution in [3.05, 3.63) is 70.3 Å². The van der Waals surface area contributed by atoms with Crippen LogP contribution in [0.5, 0.6) is 0 Å². The summed E-state index contributed by atoms with van der Waals surface area (Å²) in [4.78, 5) is 11.1. The summed E-state index contributed by atoms with van der Waals surface area (Å²) in [6.07, 6.45) is 3.81. The van der Waals surface area contributed by atoms with Crippen molar-refractivity contribution in [1.29, 1.82) is 0 Å². The lowest BCUT2D eigenvalue weighted by molar-refractivity contribution is 0.0696. The Morgan fingerprint density at radius 2 is 1.58 bits per heavy atom. The molecule has 2 aromatic rings. The van der Waals surface area contributed by atoms with Crippen molar-refractivity contribution >= 4 is 18.1 Å². The highest BCUT2D eigenvalue weighted by molar-refractivity contribution is 5.93. The maximum atomic E-state index is 11.1. The summed E-state index contributed by atoms with van der Waals surface area (Å²) in [7, 11) is 0. The lowest BCUT2D eigenvalue weighted by atomic mass is 10.0. The Bertz CT molecular complexity index is 639. The first-order valence-corrected chi connectivity index (χ1v) is 6.16. The zero-order chi connectivity index (χ0) is 13.8. The molecule has 2 nitrogen and oxygen atoms in total. The van der Waals surface area contributed by atoms with E-state index in [-0.39, 0.29) is 0 Å². The lowest BCUT2D eigenvalue weighted by Gasteiger charge is -2.04. The third-order valence-corrected chi connectivity index (χ3v) is 3.28. The molecular weight excluding hydrogens is 236 g/mol. The predicted molar refractivity (Wildman–Crippen MR) is 78.2 cm³/mol. The minimum atomic E-state index is -0.902. The van der Waals surface area contributed by atoms with Gasteiger partial charge in [0.05, 0.1) is 5.56 Å². The Hall–Kier alpha value is -2.35. The number of aromatic carboxylic acids is 1. The van der Waals surface area contributed by atoms with Gasteiger partial charge in [-0.2, -0.15) is 0 Å². The van der Waals surface area contributed by atoms with Crippen LogP contribution in [0.3, 0.4) is 0 Å². The Morgan fingerprint density at radius 1 is 0.947 bits per heavy atom. The molecule has 0 spiro atoms. The number of carbonyl (C=O) groups is 1. The van der Waals surface area contributed by atoms with Gasteiger partial charge in [-0.25, -0.2) is 4.79 Å². The van der Waals surface area contributed by atoms with Crippen molar-refractivity contribution in [3.63, 3.8) is 0 Å². The molecule has 0 saturated carbocycles. The van der Waals surface area contributed by atoms with Crippen molar-refractivity contribution in [2.75, 3.05) is 0 Å². The van der Waals surface area contributed by atoms with Gasteiger partial charge in [0.25, 0.3) is 0 Å². The highest BCUT2D eigenvalue weighted by Crippen LogP contribution is 2.17. The zero-order valence-electron chi connectivity index (χ0n) is 11.1. The molecule has 0 aromatic heterocycles. The number of rotatable bonds is 3. The van der Waals surface area contributed by atoms with E-state index in [1.165, 1.54) is 11.1 Å². The van der Waals surface area contributed by atoms with E-state index in [0.29, 0.717) is 5.56 Å². The van der Waals surface area contributed by atoms with Crippen LogP contribution in [0, 0.1) is 13.8 Å². The Morgan fingerprint density at radius 3 is 2.32 bits per heavy atom. The van der Waals surface area contributed by atoms with Crippen molar-refractivity contribution in [2.45, 2.75) is 13.8 Å². The average Bonchev–Trinajstić information content (AvgIpc) is 2.40. The first kappa shape index (κ1) is 13.1. The molecule has 0 saturated heterocycles. The highest BCUT2D eigenvalue weighted by atomic mass is 16.4. The summed E-state index contributed by atoms with van der Waals surface area (Å²) in [5.41, 5.74) is 4.60. The minimum absolute atomic E-state index is 0.323. The second-order valence-corrected chi connectivity index (χ2v) is 4.51. The maximum absolute atomic E-state index is 11.1. The van der Waals surface area contributed by atoms with E-state index >= 15 is 0 Å². The molecule has 2 rings (SSSR count). The summed E-state index contributed by atoms with van der Waals surface area (Å²) in [6, 6.07) is 13.1. The van der Waals surface area contributed by atoms with Crippen molar-refractivity contribution in [2.24, 2.45) is 0 Å². The molecule has 0 aliphatic heterocycles. The fourth-order valence-electron chi connectivity index (χ4n) is 1.97. The summed E-state index contributed by atoms with van der Waals surface area (Å²) in [6.45, 7) is 4.13. The van der Waals surface area contributed by atoms with E-state index in [9.17, 15) is 4.79 Å². The summed E-state index contributed by atoms with van der Waals surface area (Å²) in [5, 5.41) is 9.13. The number of benzene rings is 2. The number of carboxylic acids is 1. The molecule has 2 heteroatoms. The number of hydrogen-bond donors (Lipinski definition) is 1. The van der Waals surface area contributed by atoms with Crippen LogP contribution in [0.2, 0.25) is 0 Å². The van der Waals surface area contributed by atoms with E-state index in [0.717, 1.165) is 11.1 Å². The quantitative estimate of drug-likeness (QED) is 0.832. The molecule has 0 radical (unpaired) electrons. The molecule has 0 atom stereocenters. The van der Waals surface area contributed by atoms with Gasteiger partial charge in [-0.15, -0.1) is 0 Å². The lowest BCUT2D eigenvalue weighted by Crippen LogP contribution is -1.98. The highest BCUT2D eigenvalue weighted by Gasteiger charge is 2.06. The third kappa shape index (κ3) is 2.91. The Balaban J connectivity index is 2.38. The Kier molecular flexibility index (Phi) is 3.81. The van der Waals surface area contributed by atoms with Gasteiger partial charge in [0.2, 0.25) is 0 Å². The summed E-state index contributed by atoms with van der Waals surface area (Å²) in [5.74, 6) is -0.902. The van der Waals surface area contributed by atoms with Crippen molar-refractivity contribution in [1.82, 2.24) is 0 Å². The second-order valence-electron chi connectivity index (χ2n) is 4.51. The van der Waals surface area contributed by atoms with Gasteiger partial charge in [0, 0.05) is 0 Å². The molecule has 0 aliphatic rings. The maximum Gasteiger partial charge on any atom is 0.336 e. The predicted octanol–water partition coefficient (Wildman–Crippen LogP) is 4.17. The molecular formula is C17H16O2. The van der Waals surface area contributed by atoms with Crippen LogP contribution in [0.4, 0.5) is 0 Å². The molecule has 0 heterocycles. The minimum Gasteiger partial charge on any atom is -0.478 e. The number of hydrogen-bond acceptors (Lipinski definition) is 1. The summed E-state index contributed by atoms with van der Waals surface area (Å²) >= 11 is 0. The standard InChI is InChI=1S/C17H16O2/c1-12-6-5-8-14(13(12)2)10-11-15-7-3-4-9-16(15)17(18)19/h3-11H,1-2H3,(H,18,19). The van der Waals surface area contributed by atoms with E-state index < -0.39 is 5.97 Å². The van der Waals surface area contributed by atoms with Crippen LogP contribution in [0.15, 0.2) is 42.5 Å². The molecule has 0 fully saturated rings. The molecule has 0 unspecified atom stereocenters. The molecule has 96 valence electrons. The second kappa shape index (κ2) is 5.53. The SMILES string of the molecule is Cc1cccc(C=Cc2ccccc2C(=O)O)c1C. The zero-order valence-corrected chi connectivity index (χ0v) is 11.1. The van der Waals surface area contributed by atoms with Crippen LogP contribution >= 0.6 is 0 Å². The first-order valence-electron chi connectivity index (χ1n) is 6.16. The molecule has 0 amide bonds. The topological polar surface area (TPSA) is 37.3 Å². The van der Waals surface area contributed by atoms with Crippen LogP contribution < -0.4 is 0 Å².